The number of hydrogen-bond acceptors (Lipinski definition) is 5. The Labute approximate surface area is 159 Å². The van der Waals surface area contributed by atoms with E-state index in [1.165, 1.54) is 6.07 Å². The number of aromatic amines is 1. The molecular formula is C19H19FN6O2. The summed E-state index contributed by atoms with van der Waals surface area (Å²) >= 11 is 0. The molecular weight excluding hydrogens is 363 g/mol. The van der Waals surface area contributed by atoms with Crippen molar-refractivity contribution in [3.05, 3.63) is 42.0 Å². The molecule has 1 amide bonds. The van der Waals surface area contributed by atoms with Gasteiger partial charge in [0.2, 0.25) is 5.91 Å². The van der Waals surface area contributed by atoms with Crippen LogP contribution in [0.3, 0.4) is 0 Å². The Morgan fingerprint density at radius 2 is 2.18 bits per heavy atom. The maximum Gasteiger partial charge on any atom is 0.245 e. The van der Waals surface area contributed by atoms with Crippen LogP contribution in [-0.2, 0) is 18.4 Å². The van der Waals surface area contributed by atoms with E-state index >= 15 is 0 Å². The molecule has 3 aromatic heterocycles. The number of imidazole rings is 1. The molecule has 9 heteroatoms. The Morgan fingerprint density at radius 1 is 1.36 bits per heavy atom. The molecule has 0 saturated heterocycles. The lowest BCUT2D eigenvalue weighted by Crippen LogP contribution is -2.26. The van der Waals surface area contributed by atoms with Gasteiger partial charge in [-0.2, -0.15) is 0 Å². The van der Waals surface area contributed by atoms with Gasteiger partial charge in [0.05, 0.1) is 11.8 Å². The van der Waals surface area contributed by atoms with Gasteiger partial charge in [0.1, 0.15) is 23.6 Å². The van der Waals surface area contributed by atoms with Gasteiger partial charge in [0, 0.05) is 37.3 Å². The summed E-state index contributed by atoms with van der Waals surface area (Å²) in [6.07, 6.45) is 1.74. The number of H-pyrrole nitrogens is 1. The Hall–Kier alpha value is -3.46. The smallest absolute Gasteiger partial charge is 0.245 e. The van der Waals surface area contributed by atoms with Crippen LogP contribution in [0.25, 0.3) is 33.3 Å². The summed E-state index contributed by atoms with van der Waals surface area (Å²) in [6.45, 7) is -0.642. The maximum atomic E-state index is 14.1. The number of nitrogens with zero attached hydrogens (tertiary/aromatic N) is 3. The molecule has 0 aliphatic heterocycles. The molecule has 0 fully saturated rings. The third kappa shape index (κ3) is 2.95. The molecule has 28 heavy (non-hydrogen) atoms. The first kappa shape index (κ1) is 17.9. The van der Waals surface area contributed by atoms with E-state index in [0.717, 1.165) is 27.7 Å². The normalized spacial score (nSPS) is 11.3. The van der Waals surface area contributed by atoms with Gasteiger partial charge in [0.25, 0.3) is 0 Å². The molecule has 1 aromatic carbocycles. The standard InChI is InChI=1S/C19H19FN6O2/c1-21-19-16-17(26(2)9-23-16)12-6-14(24-18(12)25-19)10-3-4-13(20)11(5-10)7-22-15(28)8-27/h3-6,9,27H,7-8H2,1-2H3,(H,22,28)(H2,21,24,25). The zero-order valence-corrected chi connectivity index (χ0v) is 15.4. The number of aliphatic hydroxyl groups excluding tert-OH is 1. The molecule has 0 aliphatic rings. The van der Waals surface area contributed by atoms with Crippen molar-refractivity contribution >= 4 is 33.8 Å². The molecule has 4 aromatic rings. The lowest BCUT2D eigenvalue weighted by molar-refractivity contribution is -0.123. The van der Waals surface area contributed by atoms with Crippen LogP contribution in [0.5, 0.6) is 0 Å². The Kier molecular flexibility index (Phi) is 4.44. The van der Waals surface area contributed by atoms with Crippen LogP contribution >= 0.6 is 0 Å². The van der Waals surface area contributed by atoms with Crippen molar-refractivity contribution in [2.24, 2.45) is 7.05 Å². The number of aryl methyl sites for hydroxylation is 1. The molecule has 4 N–H and O–H groups in total. The second-order valence-corrected chi connectivity index (χ2v) is 6.45. The number of aromatic nitrogens is 4. The highest BCUT2D eigenvalue weighted by Gasteiger charge is 2.16. The van der Waals surface area contributed by atoms with Crippen molar-refractivity contribution in [3.8, 4) is 11.3 Å². The summed E-state index contributed by atoms with van der Waals surface area (Å²) in [5.41, 5.74) is 4.26. The number of halogens is 1. The third-order valence-corrected chi connectivity index (χ3v) is 4.65. The molecule has 0 saturated carbocycles. The molecule has 0 spiro atoms. The van der Waals surface area contributed by atoms with Crippen LogP contribution in [0.2, 0.25) is 0 Å². The van der Waals surface area contributed by atoms with Gasteiger partial charge in [0.15, 0.2) is 5.82 Å². The molecule has 0 bridgehead atoms. The first-order valence-electron chi connectivity index (χ1n) is 8.69. The Morgan fingerprint density at radius 3 is 2.93 bits per heavy atom. The fourth-order valence-electron chi connectivity index (χ4n) is 3.26. The number of hydrogen-bond donors (Lipinski definition) is 4. The molecule has 3 heterocycles. The highest BCUT2D eigenvalue weighted by molar-refractivity contribution is 6.07. The number of aliphatic hydroxyl groups is 1. The summed E-state index contributed by atoms with van der Waals surface area (Å²) in [5, 5.41) is 15.2. The number of amides is 1. The zero-order chi connectivity index (χ0) is 19.8. The number of pyridine rings is 1. The lowest BCUT2D eigenvalue weighted by Gasteiger charge is -2.07. The fourth-order valence-corrected chi connectivity index (χ4v) is 3.26. The Bertz CT molecular complexity index is 1200. The monoisotopic (exact) mass is 382 g/mol. The van der Waals surface area contributed by atoms with E-state index in [-0.39, 0.29) is 6.54 Å². The van der Waals surface area contributed by atoms with Gasteiger partial charge in [-0.05, 0) is 29.8 Å². The predicted molar refractivity (Wildman–Crippen MR) is 104 cm³/mol. The quantitative estimate of drug-likeness (QED) is 0.422. The summed E-state index contributed by atoms with van der Waals surface area (Å²) in [6, 6.07) is 6.64. The average molecular weight is 382 g/mol. The van der Waals surface area contributed by atoms with Crippen LogP contribution in [0, 0.1) is 5.82 Å². The van der Waals surface area contributed by atoms with Crippen LogP contribution in [-0.4, -0.2) is 44.2 Å². The number of anilines is 1. The minimum absolute atomic E-state index is 0.00652. The average Bonchev–Trinajstić information content (AvgIpc) is 3.29. The van der Waals surface area contributed by atoms with Crippen molar-refractivity contribution in [2.75, 3.05) is 19.0 Å². The van der Waals surface area contributed by atoms with E-state index in [2.05, 4.69) is 25.6 Å². The van der Waals surface area contributed by atoms with Gasteiger partial charge in [-0.3, -0.25) is 4.79 Å². The van der Waals surface area contributed by atoms with Crippen LogP contribution in [0.4, 0.5) is 10.2 Å². The summed E-state index contributed by atoms with van der Waals surface area (Å²) in [7, 11) is 3.71. The SMILES string of the molecule is CNc1nc2[nH]c(-c3ccc(F)c(CNC(=O)CO)c3)cc2c2c1ncn2C. The summed E-state index contributed by atoms with van der Waals surface area (Å²) < 4.78 is 16.0. The third-order valence-electron chi connectivity index (χ3n) is 4.65. The van der Waals surface area contributed by atoms with Crippen molar-refractivity contribution in [2.45, 2.75) is 6.54 Å². The van der Waals surface area contributed by atoms with Gasteiger partial charge < -0.3 is 25.3 Å². The van der Waals surface area contributed by atoms with Crippen LogP contribution < -0.4 is 10.6 Å². The van der Waals surface area contributed by atoms with E-state index in [0.29, 0.717) is 17.0 Å². The van der Waals surface area contributed by atoms with E-state index in [1.807, 2.05) is 17.7 Å². The topological polar surface area (TPSA) is 108 Å². The molecule has 0 aliphatic carbocycles. The first-order valence-corrected chi connectivity index (χ1v) is 8.69. The summed E-state index contributed by atoms with van der Waals surface area (Å²) in [4.78, 5) is 23.5. The van der Waals surface area contributed by atoms with Crippen molar-refractivity contribution in [3.63, 3.8) is 0 Å². The number of rotatable bonds is 5. The van der Waals surface area contributed by atoms with Crippen molar-refractivity contribution in [1.29, 1.82) is 0 Å². The minimum atomic E-state index is -0.635. The number of carbonyl (C=O) groups is 1. The van der Waals surface area contributed by atoms with Crippen molar-refractivity contribution < 1.29 is 14.3 Å². The zero-order valence-electron chi connectivity index (χ0n) is 15.4. The highest BCUT2D eigenvalue weighted by atomic mass is 19.1. The van der Waals surface area contributed by atoms with Gasteiger partial charge in [-0.1, -0.05) is 0 Å². The van der Waals surface area contributed by atoms with Gasteiger partial charge in [-0.15, -0.1) is 0 Å². The molecule has 8 nitrogen and oxygen atoms in total. The molecule has 4 rings (SSSR count). The molecule has 144 valence electrons. The van der Waals surface area contributed by atoms with Crippen LogP contribution in [0.15, 0.2) is 30.6 Å². The van der Waals surface area contributed by atoms with Gasteiger partial charge >= 0.3 is 0 Å². The van der Waals surface area contributed by atoms with Crippen molar-refractivity contribution in [1.82, 2.24) is 24.8 Å². The van der Waals surface area contributed by atoms with Gasteiger partial charge in [-0.25, -0.2) is 14.4 Å². The fraction of sp³-hybridized carbons (Fsp3) is 0.211. The molecule has 0 unspecified atom stereocenters. The molecule has 0 radical (unpaired) electrons. The van der Waals surface area contributed by atoms with E-state index in [1.54, 1.807) is 25.5 Å². The second kappa shape index (κ2) is 6.93. The minimum Gasteiger partial charge on any atom is -0.387 e. The molecule has 0 atom stereocenters. The predicted octanol–water partition coefficient (Wildman–Crippen LogP) is 1.91. The van der Waals surface area contributed by atoms with E-state index in [9.17, 15) is 9.18 Å². The number of nitrogens with one attached hydrogen (secondary N) is 3. The number of fused-ring (bicyclic) bond motifs is 3. The Balaban J connectivity index is 1.80. The summed E-state index contributed by atoms with van der Waals surface area (Å²) in [5.74, 6) is -0.316. The first-order chi connectivity index (χ1) is 13.5. The second-order valence-electron chi connectivity index (χ2n) is 6.45. The number of benzene rings is 1. The number of carbonyl (C=O) groups excluding carboxylic acids is 1. The van der Waals surface area contributed by atoms with Crippen LogP contribution in [0.1, 0.15) is 5.56 Å². The van der Waals surface area contributed by atoms with E-state index in [4.69, 9.17) is 5.11 Å². The lowest BCUT2D eigenvalue weighted by atomic mass is 10.1. The largest absolute Gasteiger partial charge is 0.387 e. The maximum absolute atomic E-state index is 14.1. The van der Waals surface area contributed by atoms with E-state index < -0.39 is 18.3 Å². The highest BCUT2D eigenvalue weighted by Crippen LogP contribution is 2.32.